The van der Waals surface area contributed by atoms with Crippen LogP contribution in [0.3, 0.4) is 0 Å². The fraction of sp³-hybridized carbons (Fsp3) is 0.533. The fourth-order valence-electron chi connectivity index (χ4n) is 2.17. The van der Waals surface area contributed by atoms with Crippen molar-refractivity contribution >= 4 is 11.6 Å². The molecular weight excluding hydrogens is 224 g/mol. The van der Waals surface area contributed by atoms with Crippen molar-refractivity contribution in [1.29, 1.82) is 0 Å². The Hall–Kier alpha value is -1.35. The predicted octanol–water partition coefficient (Wildman–Crippen LogP) is 2.68. The minimum absolute atomic E-state index is 0.185. The van der Waals surface area contributed by atoms with Crippen molar-refractivity contribution < 1.29 is 4.79 Å². The molecule has 0 unspecified atom stereocenters. The van der Waals surface area contributed by atoms with Gasteiger partial charge in [0.25, 0.3) is 0 Å². The minimum Gasteiger partial charge on any atom is -0.326 e. The molecule has 0 aromatic heterocycles. The molecule has 1 amide bonds. The Balaban J connectivity index is 1.51. The zero-order valence-corrected chi connectivity index (χ0v) is 10.6. The van der Waals surface area contributed by atoms with E-state index >= 15 is 0 Å². The van der Waals surface area contributed by atoms with Gasteiger partial charge in [-0.3, -0.25) is 4.79 Å². The summed E-state index contributed by atoms with van der Waals surface area (Å²) >= 11 is 0. The Labute approximate surface area is 108 Å². The lowest BCUT2D eigenvalue weighted by molar-refractivity contribution is -0.122. The first-order valence-corrected chi connectivity index (χ1v) is 6.94. The maximum atomic E-state index is 11.8. The first-order chi connectivity index (χ1) is 8.81. The van der Waals surface area contributed by atoms with Crippen LogP contribution in [0.25, 0.3) is 0 Å². The van der Waals surface area contributed by atoms with Gasteiger partial charge in [-0.1, -0.05) is 18.6 Å². The van der Waals surface area contributed by atoms with E-state index in [-0.39, 0.29) is 11.8 Å². The highest BCUT2D eigenvalue weighted by atomic mass is 16.1. The summed E-state index contributed by atoms with van der Waals surface area (Å²) in [6.07, 6.45) is 5.93. The molecule has 0 radical (unpaired) electrons. The minimum atomic E-state index is 0.185. The van der Waals surface area contributed by atoms with Crippen LogP contribution in [0.1, 0.15) is 37.7 Å². The van der Waals surface area contributed by atoms with E-state index in [1.807, 2.05) is 12.1 Å². The van der Waals surface area contributed by atoms with E-state index in [0.717, 1.165) is 31.1 Å². The number of carbonyl (C=O) groups is 1. The number of amides is 1. The molecule has 3 rings (SSSR count). The van der Waals surface area contributed by atoms with E-state index in [1.165, 1.54) is 24.8 Å². The highest BCUT2D eigenvalue weighted by molar-refractivity contribution is 5.92. The fourth-order valence-corrected chi connectivity index (χ4v) is 2.17. The van der Waals surface area contributed by atoms with Gasteiger partial charge in [0.1, 0.15) is 0 Å². The van der Waals surface area contributed by atoms with Crippen LogP contribution in [0.5, 0.6) is 0 Å². The highest BCUT2D eigenvalue weighted by Gasteiger charge is 2.25. The van der Waals surface area contributed by atoms with Crippen LogP contribution in [0, 0.1) is 5.92 Å². The molecular formula is C15H20N2O. The molecule has 96 valence electrons. The molecule has 0 bridgehead atoms. The monoisotopic (exact) mass is 244 g/mol. The zero-order valence-electron chi connectivity index (χ0n) is 10.6. The van der Waals surface area contributed by atoms with E-state index < -0.39 is 0 Å². The van der Waals surface area contributed by atoms with Crippen LogP contribution in [0.15, 0.2) is 24.3 Å². The van der Waals surface area contributed by atoms with Gasteiger partial charge < -0.3 is 10.6 Å². The van der Waals surface area contributed by atoms with Crippen LogP contribution in [0.4, 0.5) is 5.69 Å². The normalized spacial score (nSPS) is 19.3. The van der Waals surface area contributed by atoms with Crippen molar-refractivity contribution in [3.63, 3.8) is 0 Å². The summed E-state index contributed by atoms with van der Waals surface area (Å²) in [5.41, 5.74) is 2.20. The van der Waals surface area contributed by atoms with Gasteiger partial charge in [-0.25, -0.2) is 0 Å². The molecule has 0 saturated heterocycles. The quantitative estimate of drug-likeness (QED) is 0.836. The maximum Gasteiger partial charge on any atom is 0.227 e. The number of rotatable bonds is 5. The summed E-state index contributed by atoms with van der Waals surface area (Å²) in [4.78, 5) is 11.8. The third-order valence-corrected chi connectivity index (χ3v) is 3.87. The molecule has 0 aliphatic heterocycles. The number of hydrogen-bond donors (Lipinski definition) is 2. The van der Waals surface area contributed by atoms with E-state index in [0.29, 0.717) is 0 Å². The molecule has 2 aliphatic carbocycles. The Morgan fingerprint density at radius 3 is 2.39 bits per heavy atom. The van der Waals surface area contributed by atoms with E-state index in [2.05, 4.69) is 22.8 Å². The van der Waals surface area contributed by atoms with Gasteiger partial charge in [-0.15, -0.1) is 0 Å². The second kappa shape index (κ2) is 5.11. The molecule has 0 heterocycles. The number of hydrogen-bond acceptors (Lipinski definition) is 2. The third-order valence-electron chi connectivity index (χ3n) is 3.87. The van der Waals surface area contributed by atoms with Crippen LogP contribution >= 0.6 is 0 Å². The Morgan fingerprint density at radius 1 is 1.11 bits per heavy atom. The highest BCUT2D eigenvalue weighted by Crippen LogP contribution is 2.27. The van der Waals surface area contributed by atoms with Gasteiger partial charge in [0.2, 0.25) is 5.91 Å². The molecule has 1 aromatic carbocycles. The lowest BCUT2D eigenvalue weighted by Crippen LogP contribution is -2.28. The first-order valence-electron chi connectivity index (χ1n) is 6.94. The number of anilines is 1. The molecule has 2 fully saturated rings. The van der Waals surface area contributed by atoms with Gasteiger partial charge in [0.15, 0.2) is 0 Å². The standard InChI is InChI=1S/C15H20N2O/c18-15(12-2-1-3-12)17-14-6-4-11(5-7-14)10-16-13-8-9-13/h4-7,12-13,16H,1-3,8-10H2,(H,17,18). The summed E-state index contributed by atoms with van der Waals surface area (Å²) < 4.78 is 0. The van der Waals surface area contributed by atoms with Crippen LogP contribution in [0.2, 0.25) is 0 Å². The van der Waals surface area contributed by atoms with E-state index in [1.54, 1.807) is 0 Å². The smallest absolute Gasteiger partial charge is 0.227 e. The molecule has 18 heavy (non-hydrogen) atoms. The van der Waals surface area contributed by atoms with Crippen LogP contribution in [-0.4, -0.2) is 11.9 Å². The van der Waals surface area contributed by atoms with Crippen LogP contribution < -0.4 is 10.6 Å². The van der Waals surface area contributed by atoms with Gasteiger partial charge in [0, 0.05) is 24.2 Å². The number of nitrogens with one attached hydrogen (secondary N) is 2. The van der Waals surface area contributed by atoms with Crippen molar-refractivity contribution in [2.75, 3.05) is 5.32 Å². The SMILES string of the molecule is O=C(Nc1ccc(CNC2CC2)cc1)C1CCC1. The van der Waals surface area contributed by atoms with Gasteiger partial charge in [-0.05, 0) is 43.4 Å². The molecule has 1 aromatic rings. The Kier molecular flexibility index (Phi) is 3.33. The summed E-state index contributed by atoms with van der Waals surface area (Å²) in [5, 5.41) is 6.47. The summed E-state index contributed by atoms with van der Waals surface area (Å²) in [7, 11) is 0. The summed E-state index contributed by atoms with van der Waals surface area (Å²) in [5.74, 6) is 0.436. The van der Waals surface area contributed by atoms with Gasteiger partial charge in [-0.2, -0.15) is 0 Å². The van der Waals surface area contributed by atoms with Crippen molar-refractivity contribution in [2.24, 2.45) is 5.92 Å². The second-order valence-corrected chi connectivity index (χ2v) is 5.47. The molecule has 2 aliphatic rings. The molecule has 0 spiro atoms. The third kappa shape index (κ3) is 2.91. The van der Waals surface area contributed by atoms with Gasteiger partial charge >= 0.3 is 0 Å². The zero-order chi connectivity index (χ0) is 12.4. The average molecular weight is 244 g/mol. The first kappa shape index (κ1) is 11.7. The lowest BCUT2D eigenvalue weighted by Gasteiger charge is -2.24. The van der Waals surface area contributed by atoms with Crippen molar-refractivity contribution in [3.05, 3.63) is 29.8 Å². The molecule has 2 saturated carbocycles. The summed E-state index contributed by atoms with van der Waals surface area (Å²) in [6, 6.07) is 8.92. The number of carbonyl (C=O) groups excluding carboxylic acids is 1. The van der Waals surface area contributed by atoms with E-state index in [9.17, 15) is 4.79 Å². The van der Waals surface area contributed by atoms with E-state index in [4.69, 9.17) is 0 Å². The maximum absolute atomic E-state index is 11.8. The predicted molar refractivity (Wildman–Crippen MR) is 72.3 cm³/mol. The Bertz CT molecular complexity index is 419. The van der Waals surface area contributed by atoms with Crippen molar-refractivity contribution in [3.8, 4) is 0 Å². The lowest BCUT2D eigenvalue weighted by atomic mass is 9.85. The van der Waals surface area contributed by atoms with Crippen molar-refractivity contribution in [1.82, 2.24) is 5.32 Å². The second-order valence-electron chi connectivity index (χ2n) is 5.47. The largest absolute Gasteiger partial charge is 0.326 e. The van der Waals surface area contributed by atoms with Gasteiger partial charge in [0.05, 0.1) is 0 Å². The molecule has 3 heteroatoms. The van der Waals surface area contributed by atoms with Crippen LogP contribution in [-0.2, 0) is 11.3 Å². The molecule has 2 N–H and O–H groups in total. The summed E-state index contributed by atoms with van der Waals surface area (Å²) in [6.45, 7) is 0.932. The average Bonchev–Trinajstić information content (AvgIpc) is 3.09. The molecule has 3 nitrogen and oxygen atoms in total. The Morgan fingerprint density at radius 2 is 1.83 bits per heavy atom. The topological polar surface area (TPSA) is 41.1 Å². The molecule has 0 atom stereocenters. The van der Waals surface area contributed by atoms with Crippen molar-refractivity contribution in [2.45, 2.75) is 44.7 Å². The number of benzene rings is 1.